The molecule has 128 valence electrons. The number of aliphatic carboxylic acids is 1. The average Bonchev–Trinajstić information content (AvgIpc) is 2.54. The highest BCUT2D eigenvalue weighted by Gasteiger charge is 2.35. The zero-order chi connectivity index (χ0) is 17.1. The number of carbonyl (C=O) groups is 1. The second kappa shape index (κ2) is 10.3. The predicted octanol–water partition coefficient (Wildman–Crippen LogP) is 1.53. The van der Waals surface area contributed by atoms with Crippen LogP contribution in [0.1, 0.15) is 32.1 Å². The highest BCUT2D eigenvalue weighted by atomic mass is 16.5. The van der Waals surface area contributed by atoms with Crippen molar-refractivity contribution in [2.75, 3.05) is 13.7 Å². The van der Waals surface area contributed by atoms with Crippen LogP contribution in [0.2, 0.25) is 6.32 Å². The number of ether oxygens (including phenoxy) is 1. The maximum atomic E-state index is 11.6. The molecule has 1 aromatic carbocycles. The molecule has 0 heterocycles. The third-order valence-corrected chi connectivity index (χ3v) is 3.96. The Kier molecular flexibility index (Phi) is 8.69. The number of carboxylic acid groups (broad SMARTS) is 1. The van der Waals surface area contributed by atoms with Crippen LogP contribution in [0.4, 0.5) is 0 Å². The quantitative estimate of drug-likeness (QED) is 0.344. The van der Waals surface area contributed by atoms with Gasteiger partial charge in [0, 0.05) is 0 Å². The van der Waals surface area contributed by atoms with Crippen molar-refractivity contribution in [2.45, 2.75) is 44.0 Å². The van der Waals surface area contributed by atoms with Gasteiger partial charge in [-0.05, 0) is 44.8 Å². The summed E-state index contributed by atoms with van der Waals surface area (Å²) in [6.07, 6.45) is 2.96. The molecule has 4 N–H and O–H groups in total. The summed E-state index contributed by atoms with van der Waals surface area (Å²) in [5, 5.41) is 30.1. The lowest BCUT2D eigenvalue weighted by Crippen LogP contribution is -2.50. The van der Waals surface area contributed by atoms with E-state index < -0.39 is 18.6 Å². The standard InChI is InChI=1S/C16H26BNO5/c1-18-16(15(19)20,10-5-6-12-17(21)22)11-7-13-23-14-8-3-2-4-9-14/h2-4,8-9,18,21-22H,5-7,10-13H2,1H3,(H,19,20). The number of rotatable bonds is 12. The van der Waals surface area contributed by atoms with E-state index in [-0.39, 0.29) is 6.32 Å². The number of benzene rings is 1. The van der Waals surface area contributed by atoms with Gasteiger partial charge in [-0.1, -0.05) is 31.0 Å². The van der Waals surface area contributed by atoms with Crippen LogP contribution in [0.5, 0.6) is 5.75 Å². The van der Waals surface area contributed by atoms with Gasteiger partial charge in [-0.2, -0.15) is 0 Å². The second-order valence-corrected chi connectivity index (χ2v) is 5.63. The van der Waals surface area contributed by atoms with E-state index in [0.717, 1.165) is 5.75 Å². The number of unbranched alkanes of at least 4 members (excludes halogenated alkanes) is 1. The number of carboxylic acids is 1. The molecule has 0 aliphatic carbocycles. The molecule has 7 heteroatoms. The van der Waals surface area contributed by atoms with Crippen molar-refractivity contribution in [2.24, 2.45) is 0 Å². The Hall–Kier alpha value is -1.57. The highest BCUT2D eigenvalue weighted by Crippen LogP contribution is 2.22. The number of nitrogens with one attached hydrogen (secondary N) is 1. The highest BCUT2D eigenvalue weighted by molar-refractivity contribution is 6.40. The van der Waals surface area contributed by atoms with Crippen LogP contribution in [-0.4, -0.2) is 47.4 Å². The van der Waals surface area contributed by atoms with E-state index in [0.29, 0.717) is 38.7 Å². The summed E-state index contributed by atoms with van der Waals surface area (Å²) in [6, 6.07) is 9.41. The van der Waals surface area contributed by atoms with Crippen LogP contribution in [-0.2, 0) is 4.79 Å². The first-order valence-corrected chi connectivity index (χ1v) is 7.96. The van der Waals surface area contributed by atoms with Crippen molar-refractivity contribution in [1.29, 1.82) is 0 Å². The molecule has 0 saturated heterocycles. The summed E-state index contributed by atoms with van der Waals surface area (Å²) < 4.78 is 5.60. The lowest BCUT2D eigenvalue weighted by Gasteiger charge is -2.29. The van der Waals surface area contributed by atoms with Crippen LogP contribution in [0, 0.1) is 0 Å². The van der Waals surface area contributed by atoms with Crippen LogP contribution >= 0.6 is 0 Å². The fraction of sp³-hybridized carbons (Fsp3) is 0.562. The predicted molar refractivity (Wildman–Crippen MR) is 89.4 cm³/mol. The minimum atomic E-state index is -1.33. The minimum Gasteiger partial charge on any atom is -0.494 e. The summed E-state index contributed by atoms with van der Waals surface area (Å²) in [4.78, 5) is 11.6. The fourth-order valence-electron chi connectivity index (χ4n) is 2.53. The van der Waals surface area contributed by atoms with Crippen molar-refractivity contribution in [3.8, 4) is 5.75 Å². The number of para-hydroxylation sites is 1. The van der Waals surface area contributed by atoms with Gasteiger partial charge < -0.3 is 25.2 Å². The number of hydrogen-bond acceptors (Lipinski definition) is 5. The number of hydrogen-bond donors (Lipinski definition) is 4. The van der Waals surface area contributed by atoms with E-state index in [4.69, 9.17) is 14.8 Å². The lowest BCUT2D eigenvalue weighted by atomic mass is 9.81. The smallest absolute Gasteiger partial charge is 0.451 e. The molecule has 1 unspecified atom stereocenters. The van der Waals surface area contributed by atoms with Gasteiger partial charge in [-0.25, -0.2) is 0 Å². The first-order valence-electron chi connectivity index (χ1n) is 7.96. The Bertz CT molecular complexity index is 457. The molecule has 0 bridgehead atoms. The van der Waals surface area contributed by atoms with E-state index >= 15 is 0 Å². The maximum absolute atomic E-state index is 11.6. The third-order valence-electron chi connectivity index (χ3n) is 3.96. The molecule has 0 aromatic heterocycles. The molecule has 23 heavy (non-hydrogen) atoms. The minimum absolute atomic E-state index is 0.260. The first-order chi connectivity index (χ1) is 11.0. The van der Waals surface area contributed by atoms with Crippen LogP contribution < -0.4 is 10.1 Å². The molecule has 0 radical (unpaired) electrons. The molecule has 6 nitrogen and oxygen atoms in total. The van der Waals surface area contributed by atoms with Crippen molar-refractivity contribution in [1.82, 2.24) is 5.32 Å². The van der Waals surface area contributed by atoms with E-state index in [2.05, 4.69) is 5.32 Å². The number of likely N-dealkylation sites (N-methyl/N-ethyl adjacent to an activating group) is 1. The van der Waals surface area contributed by atoms with Crippen molar-refractivity contribution < 1.29 is 24.7 Å². The summed E-state index contributed by atoms with van der Waals surface area (Å²) in [7, 11) is 0.315. The monoisotopic (exact) mass is 323 g/mol. The molecule has 0 fully saturated rings. The Balaban J connectivity index is 2.42. The van der Waals surface area contributed by atoms with Gasteiger partial charge in [0.05, 0.1) is 6.61 Å². The van der Waals surface area contributed by atoms with E-state index in [1.165, 1.54) is 0 Å². The zero-order valence-electron chi connectivity index (χ0n) is 13.6. The largest absolute Gasteiger partial charge is 0.494 e. The van der Waals surface area contributed by atoms with Gasteiger partial charge in [0.1, 0.15) is 11.3 Å². The Labute approximate surface area is 137 Å². The molecule has 0 aliphatic heterocycles. The summed E-state index contributed by atoms with van der Waals surface area (Å²) in [5.41, 5.74) is -1.000. The topological polar surface area (TPSA) is 99.0 Å². The Morgan fingerprint density at radius 3 is 2.39 bits per heavy atom. The molecule has 0 saturated carbocycles. The molecule has 1 atom stereocenters. The van der Waals surface area contributed by atoms with Gasteiger partial charge in [-0.15, -0.1) is 0 Å². The molecule has 1 rings (SSSR count). The van der Waals surface area contributed by atoms with Crippen LogP contribution in [0.15, 0.2) is 30.3 Å². The Morgan fingerprint density at radius 1 is 1.17 bits per heavy atom. The molecule has 0 spiro atoms. The summed E-state index contributed by atoms with van der Waals surface area (Å²) in [6.45, 7) is 0.454. The van der Waals surface area contributed by atoms with E-state index in [1.807, 2.05) is 30.3 Å². The molecule has 0 amide bonds. The van der Waals surface area contributed by atoms with Gasteiger partial charge in [0.2, 0.25) is 0 Å². The summed E-state index contributed by atoms with van der Waals surface area (Å²) in [5.74, 6) is -0.112. The maximum Gasteiger partial charge on any atom is 0.451 e. The Morgan fingerprint density at radius 2 is 1.83 bits per heavy atom. The molecule has 0 aliphatic rings. The van der Waals surface area contributed by atoms with Crippen molar-refractivity contribution in [3.05, 3.63) is 30.3 Å². The molecular formula is C16H26BNO5. The van der Waals surface area contributed by atoms with Gasteiger partial charge in [-0.3, -0.25) is 4.79 Å². The van der Waals surface area contributed by atoms with E-state index in [9.17, 15) is 9.90 Å². The molecule has 1 aromatic rings. The summed E-state index contributed by atoms with van der Waals surface area (Å²) >= 11 is 0. The first kappa shape index (κ1) is 19.5. The van der Waals surface area contributed by atoms with E-state index in [1.54, 1.807) is 7.05 Å². The average molecular weight is 323 g/mol. The van der Waals surface area contributed by atoms with Crippen LogP contribution in [0.25, 0.3) is 0 Å². The molecular weight excluding hydrogens is 297 g/mol. The zero-order valence-corrected chi connectivity index (χ0v) is 13.6. The van der Waals surface area contributed by atoms with Gasteiger partial charge in [0.15, 0.2) is 0 Å². The van der Waals surface area contributed by atoms with Crippen molar-refractivity contribution >= 4 is 13.1 Å². The second-order valence-electron chi connectivity index (χ2n) is 5.63. The third kappa shape index (κ3) is 7.03. The van der Waals surface area contributed by atoms with Gasteiger partial charge in [0.25, 0.3) is 0 Å². The van der Waals surface area contributed by atoms with Crippen molar-refractivity contribution in [3.63, 3.8) is 0 Å². The normalized spacial score (nSPS) is 13.3. The van der Waals surface area contributed by atoms with Crippen LogP contribution in [0.3, 0.4) is 0 Å². The SMILES string of the molecule is CNC(CCCCB(O)O)(CCCOc1ccccc1)C(=O)O. The fourth-order valence-corrected chi connectivity index (χ4v) is 2.53. The lowest BCUT2D eigenvalue weighted by molar-refractivity contribution is -0.145. The van der Waals surface area contributed by atoms with Gasteiger partial charge >= 0.3 is 13.1 Å².